The Hall–Kier alpha value is -3.48. The summed E-state index contributed by atoms with van der Waals surface area (Å²) in [5, 5.41) is 2.82. The predicted octanol–water partition coefficient (Wildman–Crippen LogP) is 2.37. The molecule has 7 heteroatoms. The highest BCUT2D eigenvalue weighted by Gasteiger charge is 2.09. The van der Waals surface area contributed by atoms with Gasteiger partial charge in [-0.25, -0.2) is 9.97 Å². The molecule has 0 aliphatic carbocycles. The van der Waals surface area contributed by atoms with Crippen LogP contribution in [0.15, 0.2) is 53.6 Å². The molecule has 4 rings (SSSR count). The van der Waals surface area contributed by atoms with E-state index in [0.717, 1.165) is 11.0 Å². The lowest BCUT2D eigenvalue weighted by Crippen LogP contribution is -2.19. The molecule has 0 saturated carbocycles. The van der Waals surface area contributed by atoms with Crippen molar-refractivity contribution < 1.29 is 4.79 Å². The Morgan fingerprint density at radius 2 is 1.96 bits per heavy atom. The molecule has 4 aromatic rings. The number of aryl methyl sites for hydroxylation is 1. The number of nitrogens with zero attached hydrogens (tertiary/aromatic N) is 2. The number of aromatic amines is 2. The minimum atomic E-state index is -0.259. The fourth-order valence-electron chi connectivity index (χ4n) is 2.71. The highest BCUT2D eigenvalue weighted by atomic mass is 16.1. The van der Waals surface area contributed by atoms with E-state index >= 15 is 0 Å². The van der Waals surface area contributed by atoms with Crippen molar-refractivity contribution in [3.63, 3.8) is 0 Å². The van der Waals surface area contributed by atoms with Gasteiger partial charge in [-0.3, -0.25) is 9.59 Å². The molecule has 0 saturated heterocycles. The number of hydrogen-bond acceptors (Lipinski definition) is 4. The second kappa shape index (κ2) is 6.20. The van der Waals surface area contributed by atoms with Crippen LogP contribution in [0, 0.1) is 0 Å². The maximum absolute atomic E-state index is 12.2. The monoisotopic (exact) mass is 333 g/mol. The van der Waals surface area contributed by atoms with Gasteiger partial charge < -0.3 is 15.3 Å². The summed E-state index contributed by atoms with van der Waals surface area (Å²) in [6.45, 7) is 0. The van der Waals surface area contributed by atoms with E-state index in [1.54, 1.807) is 18.5 Å². The normalized spacial score (nSPS) is 11.0. The van der Waals surface area contributed by atoms with Crippen molar-refractivity contribution in [2.24, 2.45) is 0 Å². The zero-order valence-corrected chi connectivity index (χ0v) is 13.2. The quantitative estimate of drug-likeness (QED) is 0.533. The molecule has 25 heavy (non-hydrogen) atoms. The third-order valence-corrected chi connectivity index (χ3v) is 3.96. The van der Waals surface area contributed by atoms with E-state index in [0.29, 0.717) is 22.4 Å². The van der Waals surface area contributed by atoms with Gasteiger partial charge in [0, 0.05) is 18.5 Å². The van der Waals surface area contributed by atoms with Crippen LogP contribution in [0.4, 0.5) is 5.69 Å². The topological polar surface area (TPSA) is 104 Å². The van der Waals surface area contributed by atoms with Gasteiger partial charge in [-0.1, -0.05) is 12.1 Å². The average molecular weight is 333 g/mol. The third-order valence-electron chi connectivity index (χ3n) is 3.96. The minimum Gasteiger partial charge on any atom is -0.345 e. The summed E-state index contributed by atoms with van der Waals surface area (Å²) in [6.07, 6.45) is 2.06. The zero-order valence-electron chi connectivity index (χ0n) is 13.2. The van der Waals surface area contributed by atoms with E-state index in [4.69, 9.17) is 0 Å². The summed E-state index contributed by atoms with van der Waals surface area (Å²) in [5.74, 6) is -0.173. The fraction of sp³-hybridized carbons (Fsp3) is 0.111. The molecule has 0 fully saturated rings. The number of rotatable bonds is 4. The molecule has 1 amide bonds. The Morgan fingerprint density at radius 1 is 1.08 bits per heavy atom. The van der Waals surface area contributed by atoms with Crippen molar-refractivity contribution in [1.29, 1.82) is 0 Å². The van der Waals surface area contributed by atoms with Crippen LogP contribution in [0.1, 0.15) is 12.1 Å². The number of imidazole rings is 1. The van der Waals surface area contributed by atoms with E-state index in [1.165, 1.54) is 0 Å². The van der Waals surface area contributed by atoms with Gasteiger partial charge in [0.25, 0.3) is 5.56 Å². The molecule has 0 bridgehead atoms. The lowest BCUT2D eigenvalue weighted by Gasteiger charge is -2.05. The maximum Gasteiger partial charge on any atom is 0.270 e. The summed E-state index contributed by atoms with van der Waals surface area (Å²) in [4.78, 5) is 38.5. The van der Waals surface area contributed by atoms with E-state index < -0.39 is 0 Å². The van der Waals surface area contributed by atoms with Crippen molar-refractivity contribution in [2.75, 3.05) is 5.32 Å². The van der Waals surface area contributed by atoms with E-state index in [-0.39, 0.29) is 24.3 Å². The van der Waals surface area contributed by atoms with Gasteiger partial charge in [-0.05, 0) is 30.3 Å². The third kappa shape index (κ3) is 3.12. The Morgan fingerprint density at radius 3 is 2.88 bits per heavy atom. The van der Waals surface area contributed by atoms with Crippen LogP contribution in [0.25, 0.3) is 22.1 Å². The van der Waals surface area contributed by atoms with E-state index in [2.05, 4.69) is 25.3 Å². The molecule has 0 aliphatic heterocycles. The lowest BCUT2D eigenvalue weighted by molar-refractivity contribution is -0.116. The van der Waals surface area contributed by atoms with Crippen molar-refractivity contribution >= 4 is 33.7 Å². The molecule has 0 radical (unpaired) electrons. The highest BCUT2D eigenvalue weighted by molar-refractivity contribution is 5.93. The largest absolute Gasteiger partial charge is 0.345 e. The molecule has 0 aliphatic rings. The molecule has 2 heterocycles. The average Bonchev–Trinajstić information content (AvgIpc) is 3.07. The number of carbonyl (C=O) groups is 1. The number of H-pyrrole nitrogens is 2. The van der Waals surface area contributed by atoms with Crippen LogP contribution >= 0.6 is 0 Å². The molecule has 0 unspecified atom stereocenters. The summed E-state index contributed by atoms with van der Waals surface area (Å²) in [5.41, 5.74) is 3.87. The van der Waals surface area contributed by atoms with Crippen molar-refractivity contribution in [3.05, 3.63) is 64.8 Å². The second-order valence-corrected chi connectivity index (χ2v) is 5.71. The summed E-state index contributed by atoms with van der Waals surface area (Å²) < 4.78 is 0. The Bertz CT molecular complexity index is 1130. The molecule has 7 nitrogen and oxygen atoms in total. The lowest BCUT2D eigenvalue weighted by atomic mass is 10.2. The van der Waals surface area contributed by atoms with Crippen LogP contribution in [-0.4, -0.2) is 25.8 Å². The number of amides is 1. The van der Waals surface area contributed by atoms with Gasteiger partial charge in [-0.15, -0.1) is 0 Å². The standard InChI is InChI=1S/C18H15N5O2/c24-17(21-11-5-6-12-16(9-11)20-10-19-12)8-7-15-18(25)23-14-4-2-1-3-13(14)22-15/h1-6,9-10H,7-8H2,(H,19,20)(H,21,24)(H,23,25). The maximum atomic E-state index is 12.2. The van der Waals surface area contributed by atoms with Gasteiger partial charge in [0.05, 0.1) is 28.4 Å². The smallest absolute Gasteiger partial charge is 0.270 e. The first-order valence-corrected chi connectivity index (χ1v) is 7.90. The van der Waals surface area contributed by atoms with Crippen LogP contribution in [0.5, 0.6) is 0 Å². The van der Waals surface area contributed by atoms with Crippen LogP contribution in [0.3, 0.4) is 0 Å². The fourth-order valence-corrected chi connectivity index (χ4v) is 2.71. The SMILES string of the molecule is O=C(CCc1nc2ccccc2[nH]c1=O)Nc1ccc2nc[nH]c2c1. The Kier molecular flexibility index (Phi) is 3.74. The minimum absolute atomic E-state index is 0.173. The molecular formula is C18H15N5O2. The molecule has 3 N–H and O–H groups in total. The summed E-state index contributed by atoms with van der Waals surface area (Å²) in [7, 11) is 0. The number of para-hydroxylation sites is 2. The number of aromatic nitrogens is 4. The Balaban J connectivity index is 1.46. The van der Waals surface area contributed by atoms with Crippen molar-refractivity contribution in [3.8, 4) is 0 Å². The molecular weight excluding hydrogens is 318 g/mol. The summed E-state index contributed by atoms with van der Waals surface area (Å²) >= 11 is 0. The molecule has 0 spiro atoms. The number of nitrogens with one attached hydrogen (secondary N) is 3. The molecule has 0 atom stereocenters. The van der Waals surface area contributed by atoms with Gasteiger partial charge in [0.15, 0.2) is 0 Å². The molecule has 124 valence electrons. The van der Waals surface area contributed by atoms with Crippen LogP contribution in [-0.2, 0) is 11.2 Å². The van der Waals surface area contributed by atoms with Gasteiger partial charge in [0.1, 0.15) is 5.69 Å². The van der Waals surface area contributed by atoms with Crippen molar-refractivity contribution in [1.82, 2.24) is 19.9 Å². The van der Waals surface area contributed by atoms with Gasteiger partial charge >= 0.3 is 0 Å². The van der Waals surface area contributed by atoms with Gasteiger partial charge in [0.2, 0.25) is 5.91 Å². The highest BCUT2D eigenvalue weighted by Crippen LogP contribution is 2.16. The number of anilines is 1. The number of fused-ring (bicyclic) bond motifs is 2. The van der Waals surface area contributed by atoms with Crippen LogP contribution < -0.4 is 10.9 Å². The molecule has 2 aromatic carbocycles. The first kappa shape index (κ1) is 15.1. The number of benzene rings is 2. The first-order valence-electron chi connectivity index (χ1n) is 7.90. The molecule has 2 aromatic heterocycles. The van der Waals surface area contributed by atoms with Gasteiger partial charge in [-0.2, -0.15) is 0 Å². The van der Waals surface area contributed by atoms with E-state index in [1.807, 2.05) is 30.3 Å². The predicted molar refractivity (Wildman–Crippen MR) is 95.4 cm³/mol. The first-order chi connectivity index (χ1) is 12.2. The van der Waals surface area contributed by atoms with Crippen LogP contribution in [0.2, 0.25) is 0 Å². The number of hydrogen-bond donors (Lipinski definition) is 3. The summed E-state index contributed by atoms with van der Waals surface area (Å²) in [6, 6.07) is 12.8. The Labute approximate surface area is 142 Å². The van der Waals surface area contributed by atoms with Crippen molar-refractivity contribution in [2.45, 2.75) is 12.8 Å². The second-order valence-electron chi connectivity index (χ2n) is 5.71. The number of carbonyl (C=O) groups excluding carboxylic acids is 1. The zero-order chi connectivity index (χ0) is 17.2. The van der Waals surface area contributed by atoms with E-state index in [9.17, 15) is 9.59 Å².